The molecule has 0 spiro atoms. The second kappa shape index (κ2) is 8.37. The molecule has 0 aliphatic rings. The van der Waals surface area contributed by atoms with Crippen LogP contribution in [-0.4, -0.2) is 24.6 Å². The highest BCUT2D eigenvalue weighted by Gasteiger charge is 2.06. The second-order valence-electron chi connectivity index (χ2n) is 6.29. The molecule has 0 amide bonds. The molecule has 1 heterocycles. The van der Waals surface area contributed by atoms with E-state index < -0.39 is 0 Å². The molecule has 25 heavy (non-hydrogen) atoms. The summed E-state index contributed by atoms with van der Waals surface area (Å²) in [6.45, 7) is 6.75. The largest absolute Gasteiger partial charge is 0.493 e. The molecular formula is C19H25N3O3. The van der Waals surface area contributed by atoms with E-state index in [1.54, 1.807) is 19.4 Å². The monoisotopic (exact) mass is 343 g/mol. The van der Waals surface area contributed by atoms with Crippen molar-refractivity contribution in [3.8, 4) is 11.5 Å². The van der Waals surface area contributed by atoms with Gasteiger partial charge in [0, 0.05) is 6.07 Å². The Balaban J connectivity index is 2.19. The number of rotatable bonds is 7. The lowest BCUT2D eigenvalue weighted by Crippen LogP contribution is -2.19. The lowest BCUT2D eigenvalue weighted by atomic mass is 10.1. The molecule has 0 saturated carbocycles. The summed E-state index contributed by atoms with van der Waals surface area (Å²) in [7, 11) is 1.59. The van der Waals surface area contributed by atoms with Gasteiger partial charge in [0.05, 0.1) is 19.9 Å². The number of aromatic nitrogens is 1. The van der Waals surface area contributed by atoms with Gasteiger partial charge in [0.2, 0.25) is 0 Å². The van der Waals surface area contributed by atoms with Crippen LogP contribution in [0, 0.1) is 12.8 Å². The van der Waals surface area contributed by atoms with Gasteiger partial charge in [-0.05, 0) is 54.7 Å². The van der Waals surface area contributed by atoms with E-state index in [0.717, 1.165) is 22.2 Å². The van der Waals surface area contributed by atoms with Crippen molar-refractivity contribution in [1.82, 2.24) is 4.68 Å². The predicted molar refractivity (Wildman–Crippen MR) is 101 cm³/mol. The van der Waals surface area contributed by atoms with Crippen LogP contribution < -0.4 is 20.8 Å². The molecule has 1 aromatic heterocycles. The third kappa shape index (κ3) is 5.11. The van der Waals surface area contributed by atoms with Crippen molar-refractivity contribution in [1.29, 1.82) is 0 Å². The third-order valence-corrected chi connectivity index (χ3v) is 3.64. The van der Waals surface area contributed by atoms with Crippen molar-refractivity contribution in [2.24, 2.45) is 11.0 Å². The Bertz CT molecular complexity index is 810. The van der Waals surface area contributed by atoms with Crippen molar-refractivity contribution >= 4 is 12.0 Å². The van der Waals surface area contributed by atoms with E-state index in [0.29, 0.717) is 29.8 Å². The van der Waals surface area contributed by atoms with Crippen molar-refractivity contribution < 1.29 is 9.47 Å². The topological polar surface area (TPSA) is 78.8 Å². The Kier molecular flexibility index (Phi) is 6.22. The van der Waals surface area contributed by atoms with E-state index in [1.807, 2.05) is 25.1 Å². The molecule has 0 unspecified atom stereocenters. The molecule has 0 aliphatic heterocycles. The summed E-state index contributed by atoms with van der Waals surface area (Å²) in [4.78, 5) is 12.0. The lowest BCUT2D eigenvalue weighted by Gasteiger charge is -2.12. The van der Waals surface area contributed by atoms with Crippen LogP contribution in [0.25, 0.3) is 0 Å². The fourth-order valence-electron chi connectivity index (χ4n) is 2.26. The molecule has 0 fully saturated rings. The third-order valence-electron chi connectivity index (χ3n) is 3.64. The number of anilines is 1. The summed E-state index contributed by atoms with van der Waals surface area (Å²) in [6, 6.07) is 8.68. The molecule has 134 valence electrons. The molecule has 0 aliphatic carbocycles. The van der Waals surface area contributed by atoms with Gasteiger partial charge < -0.3 is 15.2 Å². The number of pyridine rings is 1. The standard InChI is InChI=1S/C19H25N3O3/c1-13(2)7-8-25-16-6-5-15(11-17(16)24-4)12-21-22-18(20)9-14(3)10-19(22)23/h5-6,9-13H,7-8,20H2,1-4H3/b21-12-. The Labute approximate surface area is 147 Å². The maximum absolute atomic E-state index is 12.0. The van der Waals surface area contributed by atoms with E-state index in [-0.39, 0.29) is 5.56 Å². The minimum atomic E-state index is -0.269. The fourth-order valence-corrected chi connectivity index (χ4v) is 2.26. The summed E-state index contributed by atoms with van der Waals surface area (Å²) in [5.41, 5.74) is 7.16. The number of methoxy groups -OCH3 is 1. The van der Waals surface area contributed by atoms with Crippen molar-refractivity contribution in [3.05, 3.63) is 51.8 Å². The van der Waals surface area contributed by atoms with Crippen molar-refractivity contribution in [2.75, 3.05) is 19.5 Å². The average Bonchev–Trinajstić information content (AvgIpc) is 2.54. The highest BCUT2D eigenvalue weighted by atomic mass is 16.5. The van der Waals surface area contributed by atoms with Gasteiger partial charge in [-0.1, -0.05) is 13.8 Å². The molecular weight excluding hydrogens is 318 g/mol. The van der Waals surface area contributed by atoms with Gasteiger partial charge in [-0.15, -0.1) is 0 Å². The smallest absolute Gasteiger partial charge is 0.273 e. The van der Waals surface area contributed by atoms with Crippen LogP contribution in [-0.2, 0) is 0 Å². The zero-order chi connectivity index (χ0) is 18.4. The number of hydrogen-bond acceptors (Lipinski definition) is 5. The van der Waals surface area contributed by atoms with Crippen LogP contribution >= 0.6 is 0 Å². The summed E-state index contributed by atoms with van der Waals surface area (Å²) in [6.07, 6.45) is 2.54. The Hall–Kier alpha value is -2.76. The van der Waals surface area contributed by atoms with E-state index in [9.17, 15) is 4.79 Å². The van der Waals surface area contributed by atoms with Gasteiger partial charge in [0.1, 0.15) is 5.82 Å². The Morgan fingerprint density at radius 2 is 2.00 bits per heavy atom. The van der Waals surface area contributed by atoms with Gasteiger partial charge in [-0.3, -0.25) is 4.79 Å². The molecule has 0 radical (unpaired) electrons. The number of nitrogen functional groups attached to an aromatic ring is 1. The predicted octanol–water partition coefficient (Wildman–Crippen LogP) is 3.05. The second-order valence-corrected chi connectivity index (χ2v) is 6.29. The van der Waals surface area contributed by atoms with E-state index >= 15 is 0 Å². The molecule has 6 nitrogen and oxygen atoms in total. The summed E-state index contributed by atoms with van der Waals surface area (Å²) >= 11 is 0. The molecule has 0 bridgehead atoms. The maximum Gasteiger partial charge on any atom is 0.273 e. The van der Waals surface area contributed by atoms with Crippen LogP contribution in [0.1, 0.15) is 31.4 Å². The van der Waals surface area contributed by atoms with Gasteiger partial charge in [-0.2, -0.15) is 9.78 Å². The SMILES string of the molecule is COc1cc(/C=N\n2c(N)cc(C)cc2=O)ccc1OCCC(C)C. The number of nitrogens with two attached hydrogens (primary N) is 1. The molecule has 2 aromatic rings. The molecule has 2 N–H and O–H groups in total. The molecule has 2 rings (SSSR count). The first-order valence-corrected chi connectivity index (χ1v) is 8.25. The first-order valence-electron chi connectivity index (χ1n) is 8.25. The highest BCUT2D eigenvalue weighted by molar-refractivity contribution is 5.81. The van der Waals surface area contributed by atoms with E-state index in [4.69, 9.17) is 15.2 Å². The minimum absolute atomic E-state index is 0.269. The fraction of sp³-hybridized carbons (Fsp3) is 0.368. The van der Waals surface area contributed by atoms with Gasteiger partial charge in [0.25, 0.3) is 5.56 Å². The zero-order valence-electron chi connectivity index (χ0n) is 15.2. The Morgan fingerprint density at radius 3 is 2.64 bits per heavy atom. The van der Waals surface area contributed by atoms with Crippen LogP contribution in [0.15, 0.2) is 40.2 Å². The van der Waals surface area contributed by atoms with Crippen LogP contribution in [0.3, 0.4) is 0 Å². The summed E-state index contributed by atoms with van der Waals surface area (Å²) in [5.74, 6) is 2.18. The first kappa shape index (κ1) is 18.6. The zero-order valence-corrected chi connectivity index (χ0v) is 15.2. The van der Waals surface area contributed by atoms with Crippen LogP contribution in [0.5, 0.6) is 11.5 Å². The van der Waals surface area contributed by atoms with Gasteiger partial charge in [-0.25, -0.2) is 0 Å². The van der Waals surface area contributed by atoms with Crippen LogP contribution in [0.4, 0.5) is 5.82 Å². The summed E-state index contributed by atoms with van der Waals surface area (Å²) < 4.78 is 12.3. The highest BCUT2D eigenvalue weighted by Crippen LogP contribution is 2.28. The van der Waals surface area contributed by atoms with Gasteiger partial charge >= 0.3 is 0 Å². The minimum Gasteiger partial charge on any atom is -0.493 e. The van der Waals surface area contributed by atoms with Gasteiger partial charge in [0.15, 0.2) is 11.5 Å². The number of aryl methyl sites for hydroxylation is 1. The average molecular weight is 343 g/mol. The van der Waals surface area contributed by atoms with E-state index in [1.165, 1.54) is 6.07 Å². The molecule has 0 saturated heterocycles. The number of ether oxygens (including phenoxy) is 2. The lowest BCUT2D eigenvalue weighted by molar-refractivity contribution is 0.273. The quantitative estimate of drug-likeness (QED) is 0.784. The normalized spacial score (nSPS) is 11.2. The molecule has 1 aromatic carbocycles. The van der Waals surface area contributed by atoms with Crippen molar-refractivity contribution in [2.45, 2.75) is 27.2 Å². The maximum atomic E-state index is 12.0. The van der Waals surface area contributed by atoms with Crippen molar-refractivity contribution in [3.63, 3.8) is 0 Å². The molecule has 6 heteroatoms. The Morgan fingerprint density at radius 1 is 1.24 bits per heavy atom. The van der Waals surface area contributed by atoms with Crippen LogP contribution in [0.2, 0.25) is 0 Å². The molecule has 0 atom stereocenters. The first-order chi connectivity index (χ1) is 11.9. The number of hydrogen-bond donors (Lipinski definition) is 1. The number of benzene rings is 1. The summed E-state index contributed by atoms with van der Waals surface area (Å²) in [5, 5.41) is 4.16. The van der Waals surface area contributed by atoms with E-state index in [2.05, 4.69) is 18.9 Å². The number of nitrogens with zero attached hydrogens (tertiary/aromatic N) is 2.